The van der Waals surface area contributed by atoms with Crippen molar-refractivity contribution in [3.63, 3.8) is 0 Å². The van der Waals surface area contributed by atoms with E-state index in [0.717, 1.165) is 37.7 Å². The van der Waals surface area contributed by atoms with Crippen molar-refractivity contribution in [3.05, 3.63) is 29.3 Å². The number of rotatable bonds is 5. The molecule has 132 valence electrons. The van der Waals surface area contributed by atoms with Gasteiger partial charge >= 0.3 is 0 Å². The molecule has 1 unspecified atom stereocenters. The van der Waals surface area contributed by atoms with Gasteiger partial charge in [0.05, 0.1) is 0 Å². The number of anilines is 1. The van der Waals surface area contributed by atoms with E-state index in [4.69, 9.17) is 5.73 Å². The molecule has 1 fully saturated rings. The summed E-state index contributed by atoms with van der Waals surface area (Å²) in [6.45, 7) is 5.53. The third kappa shape index (κ3) is 4.50. The summed E-state index contributed by atoms with van der Waals surface area (Å²) < 4.78 is 0. The fourth-order valence-corrected chi connectivity index (χ4v) is 4.04. The third-order valence-electron chi connectivity index (χ3n) is 5.48. The molecular weight excluding hydrogens is 296 g/mol. The number of nitrogens with two attached hydrogens (primary N) is 1. The number of guanidine groups is 1. The highest BCUT2D eigenvalue weighted by Gasteiger charge is 2.17. The van der Waals surface area contributed by atoms with E-state index in [9.17, 15) is 0 Å². The van der Waals surface area contributed by atoms with Gasteiger partial charge in [0, 0.05) is 24.8 Å². The van der Waals surface area contributed by atoms with Gasteiger partial charge in [-0.05, 0) is 75.6 Å². The number of nitrogens with zero attached hydrogens (tertiary/aromatic N) is 2. The van der Waals surface area contributed by atoms with Crippen LogP contribution >= 0.6 is 0 Å². The highest BCUT2D eigenvalue weighted by atomic mass is 15.2. The summed E-state index contributed by atoms with van der Waals surface area (Å²) in [5.74, 6) is 0.556. The van der Waals surface area contributed by atoms with Crippen molar-refractivity contribution in [3.8, 4) is 0 Å². The molecule has 1 aromatic rings. The first-order valence-electron chi connectivity index (χ1n) is 9.66. The quantitative estimate of drug-likeness (QED) is 0.494. The molecule has 1 aliphatic carbocycles. The topological polar surface area (TPSA) is 53.6 Å². The second-order valence-electron chi connectivity index (χ2n) is 7.28. The highest BCUT2D eigenvalue weighted by Crippen LogP contribution is 2.27. The minimum Gasteiger partial charge on any atom is -0.370 e. The molecule has 1 aromatic carbocycles. The van der Waals surface area contributed by atoms with Crippen molar-refractivity contribution in [2.75, 3.05) is 25.0 Å². The monoisotopic (exact) mass is 328 g/mol. The lowest BCUT2D eigenvalue weighted by Gasteiger charge is -2.33. The van der Waals surface area contributed by atoms with Gasteiger partial charge in [-0.1, -0.05) is 18.6 Å². The molecule has 3 rings (SSSR count). The summed E-state index contributed by atoms with van der Waals surface area (Å²) in [6, 6.07) is 7.22. The fraction of sp³-hybridized carbons (Fsp3) is 0.650. The zero-order chi connectivity index (χ0) is 16.8. The molecular formula is C20H32N4. The van der Waals surface area contributed by atoms with Gasteiger partial charge in [-0.25, -0.2) is 0 Å². The lowest BCUT2D eigenvalue weighted by Crippen LogP contribution is -2.38. The van der Waals surface area contributed by atoms with E-state index >= 15 is 0 Å². The average molecular weight is 329 g/mol. The molecule has 0 radical (unpaired) electrons. The zero-order valence-corrected chi connectivity index (χ0v) is 15.1. The van der Waals surface area contributed by atoms with Crippen molar-refractivity contribution in [2.24, 2.45) is 10.7 Å². The van der Waals surface area contributed by atoms with Crippen LogP contribution in [0.4, 0.5) is 5.69 Å². The predicted molar refractivity (Wildman–Crippen MR) is 103 cm³/mol. The summed E-state index contributed by atoms with van der Waals surface area (Å²) in [7, 11) is 0. The number of benzene rings is 1. The number of aryl methyl sites for hydroxylation is 1. The molecule has 0 bridgehead atoms. The maximum absolute atomic E-state index is 6.11. The van der Waals surface area contributed by atoms with E-state index in [1.807, 2.05) is 0 Å². The zero-order valence-electron chi connectivity index (χ0n) is 15.1. The smallest absolute Gasteiger partial charge is 0.193 e. The fourth-order valence-electron chi connectivity index (χ4n) is 4.04. The van der Waals surface area contributed by atoms with Crippen LogP contribution in [0.3, 0.4) is 0 Å². The second-order valence-corrected chi connectivity index (χ2v) is 7.28. The minimum atomic E-state index is 0.556. The van der Waals surface area contributed by atoms with E-state index in [-0.39, 0.29) is 0 Å². The van der Waals surface area contributed by atoms with Gasteiger partial charge in [0.25, 0.3) is 0 Å². The van der Waals surface area contributed by atoms with Crippen LogP contribution < -0.4 is 11.1 Å². The summed E-state index contributed by atoms with van der Waals surface area (Å²) in [5, 5.41) is 3.33. The Morgan fingerprint density at radius 3 is 3.00 bits per heavy atom. The van der Waals surface area contributed by atoms with Crippen molar-refractivity contribution < 1.29 is 0 Å². The predicted octanol–water partition coefficient (Wildman–Crippen LogP) is 3.56. The Hall–Kier alpha value is -1.55. The number of aliphatic imine (C=N–C) groups is 1. The summed E-state index contributed by atoms with van der Waals surface area (Å²) in [4.78, 5) is 7.13. The first-order chi connectivity index (χ1) is 11.7. The number of hydrogen-bond acceptors (Lipinski definition) is 2. The number of hydrogen-bond donors (Lipinski definition) is 2. The summed E-state index contributed by atoms with van der Waals surface area (Å²) >= 11 is 0. The van der Waals surface area contributed by atoms with Gasteiger partial charge < -0.3 is 16.0 Å². The molecule has 0 saturated carbocycles. The average Bonchev–Trinajstić information content (AvgIpc) is 2.60. The number of likely N-dealkylation sites (tertiary alicyclic amines) is 1. The lowest BCUT2D eigenvalue weighted by atomic mass is 9.90. The highest BCUT2D eigenvalue weighted by molar-refractivity contribution is 5.93. The minimum absolute atomic E-state index is 0.556. The van der Waals surface area contributed by atoms with Crippen molar-refractivity contribution >= 4 is 11.6 Å². The molecule has 1 atom stereocenters. The molecule has 4 heteroatoms. The molecule has 24 heavy (non-hydrogen) atoms. The molecule has 2 aliphatic rings. The van der Waals surface area contributed by atoms with Crippen LogP contribution in [-0.4, -0.2) is 36.5 Å². The largest absolute Gasteiger partial charge is 0.370 e. The van der Waals surface area contributed by atoms with Crippen molar-refractivity contribution in [2.45, 2.75) is 64.3 Å². The van der Waals surface area contributed by atoms with Gasteiger partial charge in [0.1, 0.15) is 0 Å². The van der Waals surface area contributed by atoms with Gasteiger partial charge in [0.2, 0.25) is 0 Å². The van der Waals surface area contributed by atoms with E-state index < -0.39 is 0 Å². The normalized spacial score (nSPS) is 22.2. The van der Waals surface area contributed by atoms with E-state index in [0.29, 0.717) is 5.96 Å². The molecule has 4 nitrogen and oxygen atoms in total. The molecule has 1 saturated heterocycles. The Bertz CT molecular complexity index is 567. The van der Waals surface area contributed by atoms with Crippen LogP contribution in [0, 0.1) is 0 Å². The van der Waals surface area contributed by atoms with E-state index in [2.05, 4.69) is 40.3 Å². The first kappa shape index (κ1) is 17.3. The molecule has 1 aliphatic heterocycles. The van der Waals surface area contributed by atoms with Crippen LogP contribution in [0.25, 0.3) is 0 Å². The van der Waals surface area contributed by atoms with Crippen LogP contribution in [0.1, 0.15) is 56.6 Å². The maximum Gasteiger partial charge on any atom is 0.193 e. The first-order valence-corrected chi connectivity index (χ1v) is 9.66. The van der Waals surface area contributed by atoms with Crippen LogP contribution in [0.5, 0.6) is 0 Å². The Morgan fingerprint density at radius 1 is 1.25 bits per heavy atom. The maximum atomic E-state index is 6.11. The lowest BCUT2D eigenvalue weighted by molar-refractivity contribution is 0.160. The SMILES string of the molecule is CC1CCCCN1CCCN=C(N)Nc1cccc2c1CCCC2. The molecule has 0 amide bonds. The standard InChI is InChI=1S/C20H32N4/c1-16-8-4-5-14-24(16)15-7-13-22-20(21)23-19-12-6-10-17-9-2-3-11-18(17)19/h6,10,12,16H,2-5,7-9,11,13-15H2,1H3,(H3,21,22,23). The molecule has 0 spiro atoms. The van der Waals surface area contributed by atoms with Gasteiger partial charge in [-0.3, -0.25) is 4.99 Å². The number of piperidine rings is 1. The Morgan fingerprint density at radius 2 is 2.12 bits per heavy atom. The van der Waals surface area contributed by atoms with Gasteiger partial charge in [-0.15, -0.1) is 0 Å². The van der Waals surface area contributed by atoms with E-state index in [1.165, 1.54) is 56.2 Å². The molecule has 3 N–H and O–H groups in total. The van der Waals surface area contributed by atoms with Crippen LogP contribution in [0.2, 0.25) is 0 Å². The van der Waals surface area contributed by atoms with Crippen molar-refractivity contribution in [1.29, 1.82) is 0 Å². The Balaban J connectivity index is 1.48. The second kappa shape index (κ2) is 8.52. The molecule has 1 heterocycles. The van der Waals surface area contributed by atoms with Crippen molar-refractivity contribution in [1.82, 2.24) is 4.90 Å². The Labute approximate surface area is 146 Å². The molecule has 0 aromatic heterocycles. The van der Waals surface area contributed by atoms with E-state index in [1.54, 1.807) is 0 Å². The number of nitrogens with one attached hydrogen (secondary N) is 1. The third-order valence-corrected chi connectivity index (χ3v) is 5.48. The Kier molecular flexibility index (Phi) is 6.13. The van der Waals surface area contributed by atoms with Crippen LogP contribution in [-0.2, 0) is 12.8 Å². The summed E-state index contributed by atoms with van der Waals surface area (Å²) in [5.41, 5.74) is 10.2. The van der Waals surface area contributed by atoms with Gasteiger partial charge in [-0.2, -0.15) is 0 Å². The van der Waals surface area contributed by atoms with Crippen LogP contribution in [0.15, 0.2) is 23.2 Å². The number of fused-ring (bicyclic) bond motifs is 1. The van der Waals surface area contributed by atoms with Gasteiger partial charge in [0.15, 0.2) is 5.96 Å². The summed E-state index contributed by atoms with van der Waals surface area (Å²) in [6.07, 6.45) is 10.1.